The minimum absolute atomic E-state index is 0.456. The Labute approximate surface area is 76.8 Å². The largest absolute Gasteiger partial charge is 0.372 e. The van der Waals surface area contributed by atoms with Gasteiger partial charge in [0.05, 0.1) is 0 Å². The van der Waals surface area contributed by atoms with Crippen molar-refractivity contribution in [3.05, 3.63) is 24.4 Å². The molecule has 0 radical (unpaired) electrons. The predicted molar refractivity (Wildman–Crippen MR) is 56.1 cm³/mol. The van der Waals surface area contributed by atoms with Crippen LogP contribution in [0.4, 0.5) is 0 Å². The summed E-state index contributed by atoms with van der Waals surface area (Å²) in [5.74, 6) is 0. The molecule has 0 saturated carbocycles. The Bertz CT molecular complexity index is 170. The SMILES string of the molecule is C=C(C)C(CC)N(C)C(=C)CC. The Morgan fingerprint density at radius 3 is 2.08 bits per heavy atom. The molecule has 1 heteroatoms. The number of allylic oxidation sites excluding steroid dienone is 1. The van der Waals surface area contributed by atoms with E-state index in [1.54, 1.807) is 0 Å². The molecule has 0 aromatic rings. The molecule has 0 amide bonds. The van der Waals surface area contributed by atoms with Gasteiger partial charge in [-0.3, -0.25) is 0 Å². The lowest BCUT2D eigenvalue weighted by molar-refractivity contribution is 0.325. The molecule has 0 rings (SSSR count). The number of hydrogen-bond donors (Lipinski definition) is 0. The summed E-state index contributed by atoms with van der Waals surface area (Å²) in [7, 11) is 2.09. The number of rotatable bonds is 5. The van der Waals surface area contributed by atoms with E-state index >= 15 is 0 Å². The first-order chi connectivity index (χ1) is 5.54. The third-order valence-corrected chi connectivity index (χ3v) is 2.33. The molecule has 0 aliphatic carbocycles. The predicted octanol–water partition coefficient (Wildman–Crippen LogP) is 3.20. The molecule has 12 heavy (non-hydrogen) atoms. The fourth-order valence-electron chi connectivity index (χ4n) is 1.42. The van der Waals surface area contributed by atoms with E-state index in [-0.39, 0.29) is 0 Å². The topological polar surface area (TPSA) is 3.24 Å². The fourth-order valence-corrected chi connectivity index (χ4v) is 1.42. The van der Waals surface area contributed by atoms with Crippen molar-refractivity contribution in [3.63, 3.8) is 0 Å². The summed E-state index contributed by atoms with van der Waals surface area (Å²) in [5, 5.41) is 0. The average molecular weight is 167 g/mol. The van der Waals surface area contributed by atoms with Crippen molar-refractivity contribution in [2.24, 2.45) is 0 Å². The van der Waals surface area contributed by atoms with Gasteiger partial charge in [0.25, 0.3) is 0 Å². The van der Waals surface area contributed by atoms with E-state index in [0.29, 0.717) is 6.04 Å². The highest BCUT2D eigenvalue weighted by molar-refractivity contribution is 5.07. The van der Waals surface area contributed by atoms with Crippen LogP contribution in [0.1, 0.15) is 33.6 Å². The molecule has 0 aliphatic rings. The standard InChI is InChI=1S/C11H21N/c1-7-10(5)12(6)11(8-2)9(3)4/h11H,3,5,7-8H2,1-2,4,6H3. The minimum atomic E-state index is 0.456. The summed E-state index contributed by atoms with van der Waals surface area (Å²) in [6.07, 6.45) is 2.12. The van der Waals surface area contributed by atoms with E-state index in [2.05, 4.69) is 45.9 Å². The Balaban J connectivity index is 4.30. The highest BCUT2D eigenvalue weighted by Gasteiger charge is 2.12. The van der Waals surface area contributed by atoms with Gasteiger partial charge >= 0.3 is 0 Å². The van der Waals surface area contributed by atoms with Gasteiger partial charge in [-0.25, -0.2) is 0 Å². The third-order valence-electron chi connectivity index (χ3n) is 2.33. The zero-order chi connectivity index (χ0) is 9.72. The Kier molecular flexibility index (Phi) is 4.72. The Hall–Kier alpha value is -0.720. The average Bonchev–Trinajstić information content (AvgIpc) is 2.03. The Morgan fingerprint density at radius 1 is 1.33 bits per heavy atom. The summed E-state index contributed by atoms with van der Waals surface area (Å²) in [6.45, 7) is 14.4. The summed E-state index contributed by atoms with van der Waals surface area (Å²) < 4.78 is 0. The van der Waals surface area contributed by atoms with Gasteiger partial charge in [0, 0.05) is 18.8 Å². The van der Waals surface area contributed by atoms with E-state index in [4.69, 9.17) is 0 Å². The van der Waals surface area contributed by atoms with Gasteiger partial charge in [0.1, 0.15) is 0 Å². The van der Waals surface area contributed by atoms with Crippen LogP contribution in [0.15, 0.2) is 24.4 Å². The van der Waals surface area contributed by atoms with Crippen molar-refractivity contribution in [2.45, 2.75) is 39.7 Å². The lowest BCUT2D eigenvalue weighted by Crippen LogP contribution is -2.30. The van der Waals surface area contributed by atoms with E-state index in [1.807, 2.05) is 0 Å². The van der Waals surface area contributed by atoms with Crippen LogP contribution in [-0.2, 0) is 0 Å². The summed E-state index contributed by atoms with van der Waals surface area (Å²) in [6, 6.07) is 0.456. The number of likely N-dealkylation sites (N-methyl/N-ethyl adjacent to an activating group) is 1. The highest BCUT2D eigenvalue weighted by Crippen LogP contribution is 2.16. The summed E-state index contributed by atoms with van der Waals surface area (Å²) >= 11 is 0. The lowest BCUT2D eigenvalue weighted by atomic mass is 10.1. The van der Waals surface area contributed by atoms with Crippen LogP contribution in [0.2, 0.25) is 0 Å². The van der Waals surface area contributed by atoms with Crippen molar-refractivity contribution < 1.29 is 0 Å². The van der Waals surface area contributed by atoms with Gasteiger partial charge in [0.2, 0.25) is 0 Å². The molecule has 0 saturated heterocycles. The van der Waals surface area contributed by atoms with Crippen molar-refractivity contribution in [2.75, 3.05) is 7.05 Å². The van der Waals surface area contributed by atoms with Crippen molar-refractivity contribution in [3.8, 4) is 0 Å². The summed E-state index contributed by atoms with van der Waals surface area (Å²) in [4.78, 5) is 2.22. The number of hydrogen-bond acceptors (Lipinski definition) is 1. The Morgan fingerprint density at radius 2 is 1.83 bits per heavy atom. The van der Waals surface area contributed by atoms with Gasteiger partial charge in [-0.05, 0) is 19.8 Å². The van der Waals surface area contributed by atoms with Crippen molar-refractivity contribution >= 4 is 0 Å². The maximum atomic E-state index is 4.01. The second-order valence-corrected chi connectivity index (χ2v) is 3.30. The smallest absolute Gasteiger partial charge is 0.0487 e. The van der Waals surface area contributed by atoms with Crippen LogP contribution in [0, 0.1) is 0 Å². The van der Waals surface area contributed by atoms with Crippen LogP contribution >= 0.6 is 0 Å². The van der Waals surface area contributed by atoms with Crippen LogP contribution in [0.3, 0.4) is 0 Å². The molecule has 0 fully saturated rings. The van der Waals surface area contributed by atoms with Crippen molar-refractivity contribution in [1.82, 2.24) is 4.90 Å². The summed E-state index contributed by atoms with van der Waals surface area (Å²) in [5.41, 5.74) is 2.40. The maximum Gasteiger partial charge on any atom is 0.0487 e. The maximum absolute atomic E-state index is 4.01. The first-order valence-corrected chi connectivity index (χ1v) is 4.60. The van der Waals surface area contributed by atoms with Crippen molar-refractivity contribution in [1.29, 1.82) is 0 Å². The molecule has 0 spiro atoms. The first kappa shape index (κ1) is 11.3. The quantitative estimate of drug-likeness (QED) is 0.568. The van der Waals surface area contributed by atoms with Crippen LogP contribution in [-0.4, -0.2) is 18.0 Å². The minimum Gasteiger partial charge on any atom is -0.372 e. The normalized spacial score (nSPS) is 12.3. The van der Waals surface area contributed by atoms with E-state index in [0.717, 1.165) is 12.8 Å². The van der Waals surface area contributed by atoms with Gasteiger partial charge in [0.15, 0.2) is 0 Å². The van der Waals surface area contributed by atoms with E-state index < -0.39 is 0 Å². The zero-order valence-electron chi connectivity index (χ0n) is 8.85. The van der Waals surface area contributed by atoms with E-state index in [9.17, 15) is 0 Å². The second kappa shape index (κ2) is 5.02. The molecule has 1 atom stereocenters. The molecule has 0 aliphatic heterocycles. The molecule has 1 unspecified atom stereocenters. The molecule has 0 aromatic carbocycles. The van der Waals surface area contributed by atoms with Gasteiger partial charge < -0.3 is 4.90 Å². The molecule has 0 heterocycles. The first-order valence-electron chi connectivity index (χ1n) is 4.60. The van der Waals surface area contributed by atoms with Crippen LogP contribution < -0.4 is 0 Å². The molecule has 70 valence electrons. The molecule has 0 bridgehead atoms. The molecule has 1 nitrogen and oxygen atoms in total. The number of nitrogens with zero attached hydrogens (tertiary/aromatic N) is 1. The molecule has 0 aromatic heterocycles. The highest BCUT2D eigenvalue weighted by atomic mass is 15.1. The van der Waals surface area contributed by atoms with E-state index in [1.165, 1.54) is 11.3 Å². The van der Waals surface area contributed by atoms with Crippen LogP contribution in [0.25, 0.3) is 0 Å². The zero-order valence-corrected chi connectivity index (χ0v) is 8.85. The monoisotopic (exact) mass is 167 g/mol. The van der Waals surface area contributed by atoms with Gasteiger partial charge in [-0.15, -0.1) is 0 Å². The third kappa shape index (κ3) is 2.72. The molecule has 0 N–H and O–H groups in total. The molecular formula is C11H21N. The van der Waals surface area contributed by atoms with Gasteiger partial charge in [-0.1, -0.05) is 32.6 Å². The van der Waals surface area contributed by atoms with Gasteiger partial charge in [-0.2, -0.15) is 0 Å². The second-order valence-electron chi connectivity index (χ2n) is 3.30. The molecular weight excluding hydrogens is 146 g/mol. The fraction of sp³-hybridized carbons (Fsp3) is 0.636. The lowest BCUT2D eigenvalue weighted by Gasteiger charge is -2.30. The van der Waals surface area contributed by atoms with Crippen LogP contribution in [0.5, 0.6) is 0 Å².